The molecule has 0 atom stereocenters. The van der Waals surface area contributed by atoms with E-state index in [1.165, 1.54) is 5.01 Å². The van der Waals surface area contributed by atoms with Crippen LogP contribution in [-0.2, 0) is 4.79 Å². The van der Waals surface area contributed by atoms with E-state index in [1.807, 2.05) is 6.92 Å². The van der Waals surface area contributed by atoms with Crippen molar-refractivity contribution in [2.75, 3.05) is 11.6 Å². The Morgan fingerprint density at radius 2 is 2.25 bits per heavy atom. The summed E-state index contributed by atoms with van der Waals surface area (Å²) < 4.78 is 0. The molecular formula is C10H13N5O. The smallest absolute Gasteiger partial charge is 0.254 e. The van der Waals surface area contributed by atoms with Crippen molar-refractivity contribution in [1.82, 2.24) is 10.2 Å². The fourth-order valence-corrected chi connectivity index (χ4v) is 1.47. The Labute approximate surface area is 93.1 Å². The van der Waals surface area contributed by atoms with E-state index in [2.05, 4.69) is 15.3 Å². The molecule has 2 rings (SSSR count). The number of rotatable bonds is 3. The summed E-state index contributed by atoms with van der Waals surface area (Å²) in [6, 6.07) is 3.53. The summed E-state index contributed by atoms with van der Waals surface area (Å²) in [7, 11) is 0. The second-order valence-corrected chi connectivity index (χ2v) is 3.62. The van der Waals surface area contributed by atoms with Crippen LogP contribution in [0.3, 0.4) is 0 Å². The zero-order chi connectivity index (χ0) is 11.5. The van der Waals surface area contributed by atoms with Crippen molar-refractivity contribution < 1.29 is 4.79 Å². The van der Waals surface area contributed by atoms with Crippen LogP contribution in [0.1, 0.15) is 18.5 Å². The average molecular weight is 219 g/mol. The standard InChI is InChI=1S/C10H13N5O/c1-7-2-3-9(13-12-7)15-10(16)6-8(14-15)4-5-11/h2-3H,4-6,11H2,1H3. The molecule has 0 spiro atoms. The minimum atomic E-state index is -0.0818. The molecule has 2 N–H and O–H groups in total. The third kappa shape index (κ3) is 2.06. The van der Waals surface area contributed by atoms with Crippen LogP contribution in [0, 0.1) is 6.92 Å². The average Bonchev–Trinajstić information content (AvgIpc) is 2.61. The molecule has 2 heterocycles. The second kappa shape index (κ2) is 4.36. The fraction of sp³-hybridized carbons (Fsp3) is 0.400. The molecule has 1 aromatic heterocycles. The maximum absolute atomic E-state index is 11.6. The summed E-state index contributed by atoms with van der Waals surface area (Å²) in [6.07, 6.45) is 0.967. The van der Waals surface area contributed by atoms with Gasteiger partial charge < -0.3 is 5.73 Å². The number of hydrazone groups is 1. The van der Waals surface area contributed by atoms with Gasteiger partial charge in [-0.15, -0.1) is 5.10 Å². The van der Waals surface area contributed by atoms with E-state index >= 15 is 0 Å². The van der Waals surface area contributed by atoms with E-state index in [4.69, 9.17) is 5.73 Å². The summed E-state index contributed by atoms with van der Waals surface area (Å²) in [5.74, 6) is 0.379. The van der Waals surface area contributed by atoms with Gasteiger partial charge in [-0.25, -0.2) is 0 Å². The Hall–Kier alpha value is -1.82. The molecule has 0 aromatic carbocycles. The van der Waals surface area contributed by atoms with Crippen LogP contribution in [0.2, 0.25) is 0 Å². The van der Waals surface area contributed by atoms with Gasteiger partial charge in [0.25, 0.3) is 5.91 Å². The molecule has 1 aliphatic rings. The van der Waals surface area contributed by atoms with Gasteiger partial charge in [-0.05, 0) is 25.6 Å². The first-order valence-corrected chi connectivity index (χ1v) is 5.10. The maximum Gasteiger partial charge on any atom is 0.254 e. The van der Waals surface area contributed by atoms with Crippen molar-refractivity contribution >= 4 is 17.4 Å². The normalized spacial score (nSPS) is 15.5. The first-order valence-electron chi connectivity index (χ1n) is 5.10. The highest BCUT2D eigenvalue weighted by Crippen LogP contribution is 2.18. The molecule has 6 heteroatoms. The molecule has 1 aromatic rings. The van der Waals surface area contributed by atoms with Gasteiger partial charge in [0.05, 0.1) is 12.1 Å². The third-order valence-electron chi connectivity index (χ3n) is 2.27. The lowest BCUT2D eigenvalue weighted by molar-refractivity contribution is -0.116. The number of anilines is 1. The van der Waals surface area contributed by atoms with Crippen molar-refractivity contribution in [3.63, 3.8) is 0 Å². The zero-order valence-corrected chi connectivity index (χ0v) is 9.05. The Balaban J connectivity index is 2.21. The van der Waals surface area contributed by atoms with Crippen LogP contribution in [0.4, 0.5) is 5.82 Å². The van der Waals surface area contributed by atoms with E-state index in [0.29, 0.717) is 25.2 Å². The highest BCUT2D eigenvalue weighted by atomic mass is 16.2. The number of amides is 1. The summed E-state index contributed by atoms with van der Waals surface area (Å²) in [4.78, 5) is 11.6. The van der Waals surface area contributed by atoms with Gasteiger partial charge in [0.15, 0.2) is 5.82 Å². The molecule has 0 saturated heterocycles. The molecule has 0 aliphatic carbocycles. The van der Waals surface area contributed by atoms with Gasteiger partial charge in [-0.3, -0.25) is 4.79 Å². The number of aromatic nitrogens is 2. The molecule has 1 aliphatic heterocycles. The maximum atomic E-state index is 11.6. The Bertz CT molecular complexity index is 425. The van der Waals surface area contributed by atoms with E-state index in [0.717, 1.165) is 11.4 Å². The van der Waals surface area contributed by atoms with Gasteiger partial charge in [0.2, 0.25) is 0 Å². The predicted octanol–water partition coefficient (Wildman–Crippen LogP) is 0.227. The molecule has 0 saturated carbocycles. The quantitative estimate of drug-likeness (QED) is 0.788. The van der Waals surface area contributed by atoms with Crippen LogP contribution in [0.25, 0.3) is 0 Å². The van der Waals surface area contributed by atoms with Gasteiger partial charge in [-0.2, -0.15) is 15.2 Å². The molecule has 16 heavy (non-hydrogen) atoms. The van der Waals surface area contributed by atoms with Gasteiger partial charge in [0, 0.05) is 12.1 Å². The lowest BCUT2D eigenvalue weighted by Gasteiger charge is -2.08. The summed E-state index contributed by atoms with van der Waals surface area (Å²) in [6.45, 7) is 2.34. The van der Waals surface area contributed by atoms with E-state index in [1.54, 1.807) is 12.1 Å². The first-order chi connectivity index (χ1) is 7.70. The molecule has 84 valence electrons. The van der Waals surface area contributed by atoms with E-state index < -0.39 is 0 Å². The summed E-state index contributed by atoms with van der Waals surface area (Å²) in [5, 5.41) is 13.3. The molecule has 0 bridgehead atoms. The topological polar surface area (TPSA) is 84.5 Å². The van der Waals surface area contributed by atoms with Gasteiger partial charge in [0.1, 0.15) is 0 Å². The SMILES string of the molecule is Cc1ccc(N2N=C(CCN)CC2=O)nn1. The summed E-state index contributed by atoms with van der Waals surface area (Å²) >= 11 is 0. The fourth-order valence-electron chi connectivity index (χ4n) is 1.47. The highest BCUT2D eigenvalue weighted by molar-refractivity contribution is 6.12. The minimum absolute atomic E-state index is 0.0818. The van der Waals surface area contributed by atoms with Crippen molar-refractivity contribution in [2.24, 2.45) is 10.8 Å². The molecule has 1 amide bonds. The Kier molecular flexibility index (Phi) is 2.91. The number of carbonyl (C=O) groups is 1. The molecule has 0 unspecified atom stereocenters. The van der Waals surface area contributed by atoms with E-state index in [9.17, 15) is 4.79 Å². The summed E-state index contributed by atoms with van der Waals surface area (Å²) in [5.41, 5.74) is 7.03. The monoisotopic (exact) mass is 219 g/mol. The number of nitrogens with two attached hydrogens (primary N) is 1. The lowest BCUT2D eigenvalue weighted by Crippen LogP contribution is -2.21. The molecular weight excluding hydrogens is 206 g/mol. The molecule has 6 nitrogen and oxygen atoms in total. The van der Waals surface area contributed by atoms with Gasteiger partial charge >= 0.3 is 0 Å². The van der Waals surface area contributed by atoms with Crippen molar-refractivity contribution in [1.29, 1.82) is 0 Å². The van der Waals surface area contributed by atoms with Crippen molar-refractivity contribution in [3.8, 4) is 0 Å². The second-order valence-electron chi connectivity index (χ2n) is 3.62. The Morgan fingerprint density at radius 1 is 1.44 bits per heavy atom. The van der Waals surface area contributed by atoms with Crippen LogP contribution in [0.5, 0.6) is 0 Å². The van der Waals surface area contributed by atoms with Crippen LogP contribution >= 0.6 is 0 Å². The number of hydrogen-bond donors (Lipinski definition) is 1. The van der Waals surface area contributed by atoms with Crippen molar-refractivity contribution in [2.45, 2.75) is 19.8 Å². The number of hydrogen-bond acceptors (Lipinski definition) is 5. The first kappa shape index (κ1) is 10.7. The molecule has 0 radical (unpaired) electrons. The minimum Gasteiger partial charge on any atom is -0.330 e. The number of carbonyl (C=O) groups excluding carboxylic acids is 1. The predicted molar refractivity (Wildman–Crippen MR) is 60.0 cm³/mol. The molecule has 0 fully saturated rings. The largest absolute Gasteiger partial charge is 0.330 e. The van der Waals surface area contributed by atoms with Crippen LogP contribution in [0.15, 0.2) is 17.2 Å². The zero-order valence-electron chi connectivity index (χ0n) is 9.05. The van der Waals surface area contributed by atoms with E-state index in [-0.39, 0.29) is 5.91 Å². The highest BCUT2D eigenvalue weighted by Gasteiger charge is 2.25. The van der Waals surface area contributed by atoms with Gasteiger partial charge in [-0.1, -0.05) is 0 Å². The van der Waals surface area contributed by atoms with Crippen LogP contribution in [-0.4, -0.2) is 28.4 Å². The number of nitrogens with zero attached hydrogens (tertiary/aromatic N) is 4. The Morgan fingerprint density at radius 3 is 2.88 bits per heavy atom. The lowest BCUT2D eigenvalue weighted by atomic mass is 10.2. The van der Waals surface area contributed by atoms with Crippen molar-refractivity contribution in [3.05, 3.63) is 17.8 Å². The van der Waals surface area contributed by atoms with Crippen LogP contribution < -0.4 is 10.7 Å². The number of aryl methyl sites for hydroxylation is 1. The third-order valence-corrected chi connectivity index (χ3v) is 2.27.